The van der Waals surface area contributed by atoms with E-state index in [1.165, 1.54) is 6.07 Å². The second kappa shape index (κ2) is 10.8. The zero-order valence-electron chi connectivity index (χ0n) is 19.2. The molecule has 188 valence electrons. The molecule has 10 heteroatoms. The molecule has 0 saturated carbocycles. The topological polar surface area (TPSA) is 96.5 Å². The van der Waals surface area contributed by atoms with Crippen LogP contribution in [0.1, 0.15) is 35.2 Å². The summed E-state index contributed by atoms with van der Waals surface area (Å²) in [5, 5.41) is 9.14. The number of hydrogen-bond donors (Lipinski definition) is 3. The van der Waals surface area contributed by atoms with Gasteiger partial charge in [-0.15, -0.1) is 0 Å². The summed E-state index contributed by atoms with van der Waals surface area (Å²) in [5.41, 5.74) is -1.18. The summed E-state index contributed by atoms with van der Waals surface area (Å²) in [6.07, 6.45) is -4.47. The Morgan fingerprint density at radius 2 is 1.72 bits per heavy atom. The van der Waals surface area contributed by atoms with Crippen molar-refractivity contribution < 1.29 is 32.3 Å². The van der Waals surface area contributed by atoms with Gasteiger partial charge in [-0.3, -0.25) is 14.4 Å². The molecule has 36 heavy (non-hydrogen) atoms. The van der Waals surface area contributed by atoms with Gasteiger partial charge in [0.05, 0.1) is 11.3 Å². The molecule has 1 unspecified atom stereocenters. The monoisotopic (exact) mass is 499 g/mol. The maximum Gasteiger partial charge on any atom is 0.418 e. The first-order chi connectivity index (χ1) is 17.2. The molecule has 0 spiro atoms. The molecule has 3 aromatic carbocycles. The van der Waals surface area contributed by atoms with Gasteiger partial charge in [-0.25, -0.2) is 0 Å². The summed E-state index contributed by atoms with van der Waals surface area (Å²) in [6.45, 7) is 0.369. The molecule has 3 N–H and O–H groups in total. The minimum Gasteiger partial charge on any atom is -0.368 e. The van der Waals surface area contributed by atoms with Gasteiger partial charge in [-0.1, -0.05) is 30.3 Å². The van der Waals surface area contributed by atoms with Gasteiger partial charge >= 0.3 is 6.18 Å². The number of fused-ring (bicyclic) bond motifs is 1. The van der Waals surface area contributed by atoms with Crippen molar-refractivity contribution in [2.75, 3.05) is 23.8 Å². The van der Waals surface area contributed by atoms with E-state index in [1.54, 1.807) is 12.1 Å². The van der Waals surface area contributed by atoms with Crippen molar-refractivity contribution in [1.82, 2.24) is 5.32 Å². The number of amides is 3. The normalized spacial score (nSPS) is 15.5. The molecular formula is C26H24F3N3O4. The zero-order chi connectivity index (χ0) is 25.7. The lowest BCUT2D eigenvalue weighted by molar-refractivity contribution is -0.137. The lowest BCUT2D eigenvalue weighted by Crippen LogP contribution is -2.28. The van der Waals surface area contributed by atoms with Crippen molar-refractivity contribution in [3.05, 3.63) is 71.8 Å². The lowest BCUT2D eigenvalue weighted by atomic mass is 10.1. The lowest BCUT2D eigenvalue weighted by Gasteiger charge is -2.17. The van der Waals surface area contributed by atoms with E-state index >= 15 is 0 Å². The van der Waals surface area contributed by atoms with Crippen LogP contribution in [0.2, 0.25) is 0 Å². The number of alkyl halides is 3. The number of halogens is 3. The fraction of sp³-hybridized carbons (Fsp3) is 0.269. The van der Waals surface area contributed by atoms with Gasteiger partial charge < -0.3 is 20.7 Å². The average molecular weight is 499 g/mol. The van der Waals surface area contributed by atoms with E-state index in [4.69, 9.17) is 4.74 Å². The van der Waals surface area contributed by atoms with E-state index in [-0.39, 0.29) is 18.7 Å². The quantitative estimate of drug-likeness (QED) is 0.438. The van der Waals surface area contributed by atoms with Crippen molar-refractivity contribution in [3.8, 4) is 0 Å². The molecule has 0 bridgehead atoms. The Morgan fingerprint density at radius 1 is 0.944 bits per heavy atom. The molecule has 1 aliphatic rings. The van der Waals surface area contributed by atoms with Crippen LogP contribution in [0.4, 0.5) is 24.5 Å². The second-order valence-corrected chi connectivity index (χ2v) is 8.37. The Balaban J connectivity index is 1.35. The molecule has 1 fully saturated rings. The van der Waals surface area contributed by atoms with Crippen LogP contribution in [0.15, 0.2) is 60.7 Å². The van der Waals surface area contributed by atoms with Crippen molar-refractivity contribution in [2.24, 2.45) is 0 Å². The molecule has 4 rings (SSSR count). The summed E-state index contributed by atoms with van der Waals surface area (Å²) < 4.78 is 46.1. The number of benzene rings is 3. The smallest absolute Gasteiger partial charge is 0.368 e. The molecule has 7 nitrogen and oxygen atoms in total. The highest BCUT2D eigenvalue weighted by Gasteiger charge is 2.34. The van der Waals surface area contributed by atoms with Crippen LogP contribution in [0.25, 0.3) is 10.8 Å². The minimum absolute atomic E-state index is 0.0523. The highest BCUT2D eigenvalue weighted by molar-refractivity contribution is 5.99. The van der Waals surface area contributed by atoms with E-state index in [1.807, 2.05) is 30.3 Å². The van der Waals surface area contributed by atoms with Gasteiger partial charge in [-0.05, 0) is 53.9 Å². The molecule has 0 aliphatic carbocycles. The molecule has 1 heterocycles. The predicted molar refractivity (Wildman–Crippen MR) is 129 cm³/mol. The van der Waals surface area contributed by atoms with Crippen LogP contribution in [-0.4, -0.2) is 37.0 Å². The Bertz CT molecular complexity index is 1290. The zero-order valence-corrected chi connectivity index (χ0v) is 19.2. The maximum atomic E-state index is 13.6. The van der Waals surface area contributed by atoms with Crippen molar-refractivity contribution >= 4 is 39.9 Å². The van der Waals surface area contributed by atoms with Crippen LogP contribution >= 0.6 is 0 Å². The number of ether oxygens (including phenoxy) is 1. The summed E-state index contributed by atoms with van der Waals surface area (Å²) in [5.74, 6) is -1.61. The highest BCUT2D eigenvalue weighted by atomic mass is 19.4. The number of carbonyl (C=O) groups is 3. The van der Waals surface area contributed by atoms with Crippen molar-refractivity contribution in [3.63, 3.8) is 0 Å². The van der Waals surface area contributed by atoms with Gasteiger partial charge in [0.15, 0.2) is 0 Å². The first-order valence-corrected chi connectivity index (χ1v) is 11.4. The van der Waals surface area contributed by atoms with Crippen LogP contribution in [0, 0.1) is 0 Å². The Morgan fingerprint density at radius 3 is 2.44 bits per heavy atom. The second-order valence-electron chi connectivity index (χ2n) is 8.37. The van der Waals surface area contributed by atoms with Crippen LogP contribution < -0.4 is 16.0 Å². The molecule has 1 aliphatic heterocycles. The molecule has 0 radical (unpaired) electrons. The van der Waals surface area contributed by atoms with E-state index in [0.29, 0.717) is 25.0 Å². The van der Waals surface area contributed by atoms with E-state index < -0.39 is 41.3 Å². The number of nitrogens with one attached hydrogen (secondary N) is 3. The molecule has 1 saturated heterocycles. The maximum absolute atomic E-state index is 13.6. The molecular weight excluding hydrogens is 475 g/mol. The number of rotatable bonds is 7. The summed E-state index contributed by atoms with van der Waals surface area (Å²) >= 11 is 0. The standard InChI is InChI=1S/C26H24F3N3O4/c27-26(28,29)20-15-19(31-25(35)22-6-3-13-36-22)9-10-21(20)32-23(33)11-12-30-24(34)18-8-7-16-4-1-2-5-17(16)14-18/h1-2,4-5,7-10,14-15,22H,3,6,11-13H2,(H,30,34)(H,31,35)(H,32,33). The third-order valence-electron chi connectivity index (χ3n) is 5.74. The molecule has 0 aromatic heterocycles. The molecule has 3 amide bonds. The Hall–Kier alpha value is -3.92. The first-order valence-electron chi connectivity index (χ1n) is 11.4. The van der Waals surface area contributed by atoms with E-state index in [2.05, 4.69) is 16.0 Å². The average Bonchev–Trinajstić information content (AvgIpc) is 3.39. The molecule has 3 aromatic rings. The summed E-state index contributed by atoms with van der Waals surface area (Å²) in [4.78, 5) is 36.9. The van der Waals surface area contributed by atoms with Crippen LogP contribution in [0.3, 0.4) is 0 Å². The Labute approximate surface area is 205 Å². The number of carbonyl (C=O) groups excluding carboxylic acids is 3. The largest absolute Gasteiger partial charge is 0.418 e. The predicted octanol–water partition coefficient (Wildman–Crippen LogP) is 4.73. The van der Waals surface area contributed by atoms with Crippen LogP contribution in [0.5, 0.6) is 0 Å². The van der Waals surface area contributed by atoms with Crippen molar-refractivity contribution in [1.29, 1.82) is 0 Å². The third-order valence-corrected chi connectivity index (χ3v) is 5.74. The minimum atomic E-state index is -4.77. The fourth-order valence-electron chi connectivity index (χ4n) is 3.91. The first kappa shape index (κ1) is 25.2. The summed E-state index contributed by atoms with van der Waals surface area (Å²) in [6, 6.07) is 15.9. The Kier molecular flexibility index (Phi) is 7.54. The van der Waals surface area contributed by atoms with E-state index in [9.17, 15) is 27.6 Å². The number of hydrogen-bond acceptors (Lipinski definition) is 4. The third kappa shape index (κ3) is 6.19. The van der Waals surface area contributed by atoms with Gasteiger partial charge in [0.25, 0.3) is 11.8 Å². The summed E-state index contributed by atoms with van der Waals surface area (Å²) in [7, 11) is 0. The SMILES string of the molecule is O=C(CCNC(=O)c1ccc2ccccc2c1)Nc1ccc(NC(=O)C2CCCO2)cc1C(F)(F)F. The fourth-order valence-corrected chi connectivity index (χ4v) is 3.91. The molecule has 1 atom stereocenters. The highest BCUT2D eigenvalue weighted by Crippen LogP contribution is 2.36. The van der Waals surface area contributed by atoms with E-state index in [0.717, 1.165) is 22.9 Å². The van der Waals surface area contributed by atoms with Gasteiger partial charge in [0, 0.05) is 30.8 Å². The van der Waals surface area contributed by atoms with Crippen molar-refractivity contribution in [2.45, 2.75) is 31.5 Å². The van der Waals surface area contributed by atoms with Crippen LogP contribution in [-0.2, 0) is 20.5 Å². The number of anilines is 2. The van der Waals surface area contributed by atoms with Gasteiger partial charge in [0.1, 0.15) is 6.10 Å². The van der Waals surface area contributed by atoms with Gasteiger partial charge in [-0.2, -0.15) is 13.2 Å². The van der Waals surface area contributed by atoms with Gasteiger partial charge in [0.2, 0.25) is 5.91 Å².